The highest BCUT2D eigenvalue weighted by atomic mass is 79.9. The lowest BCUT2D eigenvalue weighted by molar-refractivity contribution is 0.460. The second-order valence-electron chi connectivity index (χ2n) is 5.56. The van der Waals surface area contributed by atoms with Crippen molar-refractivity contribution in [1.29, 1.82) is 0 Å². The third-order valence-corrected chi connectivity index (χ3v) is 4.33. The topological polar surface area (TPSA) is 100 Å². The van der Waals surface area contributed by atoms with Crippen LogP contribution in [-0.4, -0.2) is 19.7 Å². The van der Waals surface area contributed by atoms with E-state index in [9.17, 15) is 4.79 Å². The summed E-state index contributed by atoms with van der Waals surface area (Å²) in [5.41, 5.74) is 1.04. The van der Waals surface area contributed by atoms with Crippen molar-refractivity contribution >= 4 is 38.0 Å². The van der Waals surface area contributed by atoms with Gasteiger partial charge in [-0.05, 0) is 40.2 Å². The molecule has 128 valence electrons. The molecule has 0 aliphatic carbocycles. The van der Waals surface area contributed by atoms with Gasteiger partial charge in [0, 0.05) is 5.39 Å². The van der Waals surface area contributed by atoms with E-state index in [-0.39, 0.29) is 29.5 Å². The van der Waals surface area contributed by atoms with Gasteiger partial charge in [-0.2, -0.15) is 0 Å². The predicted octanol–water partition coefficient (Wildman–Crippen LogP) is 3.60. The first kappa shape index (κ1) is 15.1. The molecule has 0 bridgehead atoms. The standard InChI is InChI=1S/C17H9BrN4O4/c18-12-6-5-11(24-12)16-21-20-13(26-16)7-22-8-19-14-9-3-1-2-4-10(9)25-15(14)17(22)23/h1-6,8H,7H2. The van der Waals surface area contributed by atoms with Gasteiger partial charge in [0.15, 0.2) is 10.4 Å². The summed E-state index contributed by atoms with van der Waals surface area (Å²) in [4.78, 5) is 17.0. The Balaban J connectivity index is 1.54. The van der Waals surface area contributed by atoms with E-state index in [4.69, 9.17) is 13.3 Å². The summed E-state index contributed by atoms with van der Waals surface area (Å²) >= 11 is 3.22. The number of para-hydroxylation sites is 1. The number of fused-ring (bicyclic) bond motifs is 3. The van der Waals surface area contributed by atoms with Crippen LogP contribution in [0.2, 0.25) is 0 Å². The monoisotopic (exact) mass is 412 g/mol. The van der Waals surface area contributed by atoms with Gasteiger partial charge in [0.05, 0.1) is 6.33 Å². The van der Waals surface area contributed by atoms with Crippen molar-refractivity contribution in [3.63, 3.8) is 0 Å². The molecule has 0 spiro atoms. The summed E-state index contributed by atoms with van der Waals surface area (Å²) in [6.45, 7) is 0.0771. The fourth-order valence-corrected chi connectivity index (χ4v) is 3.03. The molecule has 26 heavy (non-hydrogen) atoms. The minimum atomic E-state index is -0.313. The zero-order chi connectivity index (χ0) is 17.7. The van der Waals surface area contributed by atoms with E-state index in [0.29, 0.717) is 21.5 Å². The lowest BCUT2D eigenvalue weighted by Crippen LogP contribution is -2.20. The van der Waals surface area contributed by atoms with E-state index in [0.717, 1.165) is 5.39 Å². The van der Waals surface area contributed by atoms with Crippen LogP contribution in [0.5, 0.6) is 0 Å². The van der Waals surface area contributed by atoms with Crippen molar-refractivity contribution in [2.75, 3.05) is 0 Å². The van der Waals surface area contributed by atoms with Gasteiger partial charge in [0.1, 0.15) is 17.6 Å². The molecule has 0 saturated heterocycles. The first-order chi connectivity index (χ1) is 12.7. The van der Waals surface area contributed by atoms with Gasteiger partial charge in [-0.15, -0.1) is 10.2 Å². The van der Waals surface area contributed by atoms with Crippen molar-refractivity contribution in [3.8, 4) is 11.7 Å². The Morgan fingerprint density at radius 3 is 2.77 bits per heavy atom. The smallest absolute Gasteiger partial charge is 0.297 e. The summed E-state index contributed by atoms with van der Waals surface area (Å²) in [6, 6.07) is 10.8. The van der Waals surface area contributed by atoms with Crippen LogP contribution in [0.4, 0.5) is 0 Å². The van der Waals surface area contributed by atoms with Gasteiger partial charge >= 0.3 is 0 Å². The van der Waals surface area contributed by atoms with E-state index in [2.05, 4.69) is 31.1 Å². The first-order valence-electron chi connectivity index (χ1n) is 7.64. The van der Waals surface area contributed by atoms with Crippen LogP contribution in [0.3, 0.4) is 0 Å². The zero-order valence-electron chi connectivity index (χ0n) is 13.0. The van der Waals surface area contributed by atoms with Crippen LogP contribution in [0.25, 0.3) is 33.7 Å². The van der Waals surface area contributed by atoms with Crippen LogP contribution in [-0.2, 0) is 6.54 Å². The molecule has 0 fully saturated rings. The van der Waals surface area contributed by atoms with Gasteiger partial charge in [-0.25, -0.2) is 4.98 Å². The van der Waals surface area contributed by atoms with E-state index in [1.54, 1.807) is 18.2 Å². The van der Waals surface area contributed by atoms with Crippen LogP contribution in [0.15, 0.2) is 65.4 Å². The van der Waals surface area contributed by atoms with Crippen molar-refractivity contribution in [1.82, 2.24) is 19.7 Å². The quantitative estimate of drug-likeness (QED) is 0.446. The largest absolute Gasteiger partial charge is 0.448 e. The third-order valence-electron chi connectivity index (χ3n) is 3.91. The molecule has 4 heterocycles. The minimum Gasteiger partial charge on any atom is -0.448 e. The Hall–Kier alpha value is -3.20. The summed E-state index contributed by atoms with van der Waals surface area (Å²) in [7, 11) is 0. The first-order valence-corrected chi connectivity index (χ1v) is 8.43. The molecule has 0 amide bonds. The minimum absolute atomic E-state index is 0.0771. The highest BCUT2D eigenvalue weighted by molar-refractivity contribution is 9.10. The second kappa shape index (κ2) is 5.67. The normalized spacial score (nSPS) is 11.6. The molecule has 0 aliphatic heterocycles. The second-order valence-corrected chi connectivity index (χ2v) is 6.34. The Labute approximate surface area is 153 Å². The van der Waals surface area contributed by atoms with E-state index in [1.807, 2.05) is 18.2 Å². The summed E-state index contributed by atoms with van der Waals surface area (Å²) in [5.74, 6) is 0.928. The zero-order valence-corrected chi connectivity index (χ0v) is 14.6. The molecular formula is C17H9BrN4O4. The number of aromatic nitrogens is 4. The average molecular weight is 413 g/mol. The Kier molecular flexibility index (Phi) is 3.29. The number of hydrogen-bond acceptors (Lipinski definition) is 7. The maximum Gasteiger partial charge on any atom is 0.297 e. The van der Waals surface area contributed by atoms with Crippen molar-refractivity contribution in [3.05, 3.63) is 63.6 Å². The van der Waals surface area contributed by atoms with Gasteiger partial charge in [-0.3, -0.25) is 9.36 Å². The molecule has 0 aliphatic rings. The summed E-state index contributed by atoms with van der Waals surface area (Å²) in [5, 5.41) is 8.68. The number of rotatable bonds is 3. The van der Waals surface area contributed by atoms with Gasteiger partial charge in [0.25, 0.3) is 11.4 Å². The lowest BCUT2D eigenvalue weighted by atomic mass is 10.2. The molecule has 5 rings (SSSR count). The average Bonchev–Trinajstić information content (AvgIpc) is 3.35. The Bertz CT molecular complexity index is 1310. The number of furan rings is 2. The van der Waals surface area contributed by atoms with Gasteiger partial charge in [-0.1, -0.05) is 12.1 Å². The molecule has 9 heteroatoms. The fraction of sp³-hybridized carbons (Fsp3) is 0.0588. The SMILES string of the molecule is O=c1c2oc3ccccc3c2ncn1Cc1nnc(-c2ccc(Br)o2)o1. The molecule has 0 atom stereocenters. The van der Waals surface area contributed by atoms with Crippen LogP contribution in [0, 0.1) is 0 Å². The van der Waals surface area contributed by atoms with Crippen molar-refractivity contribution < 1.29 is 13.3 Å². The third kappa shape index (κ3) is 2.36. The van der Waals surface area contributed by atoms with E-state index in [1.165, 1.54) is 10.9 Å². The lowest BCUT2D eigenvalue weighted by Gasteiger charge is -2.00. The van der Waals surface area contributed by atoms with Crippen LogP contribution < -0.4 is 5.56 Å². The number of halogens is 1. The van der Waals surface area contributed by atoms with Gasteiger partial charge in [0.2, 0.25) is 11.5 Å². The molecule has 0 radical (unpaired) electrons. The molecule has 1 aromatic carbocycles. The number of hydrogen-bond donors (Lipinski definition) is 0. The predicted molar refractivity (Wildman–Crippen MR) is 94.6 cm³/mol. The van der Waals surface area contributed by atoms with E-state index < -0.39 is 0 Å². The summed E-state index contributed by atoms with van der Waals surface area (Å²) < 4.78 is 18.5. The molecule has 0 N–H and O–H groups in total. The Morgan fingerprint density at radius 1 is 1.04 bits per heavy atom. The number of nitrogens with zero attached hydrogens (tertiary/aromatic N) is 4. The number of benzene rings is 1. The molecule has 8 nitrogen and oxygen atoms in total. The van der Waals surface area contributed by atoms with Crippen LogP contribution >= 0.6 is 15.9 Å². The molecular weight excluding hydrogens is 404 g/mol. The van der Waals surface area contributed by atoms with Gasteiger partial charge < -0.3 is 13.3 Å². The molecule has 4 aromatic heterocycles. The van der Waals surface area contributed by atoms with E-state index >= 15 is 0 Å². The van der Waals surface area contributed by atoms with Crippen molar-refractivity contribution in [2.24, 2.45) is 0 Å². The fourth-order valence-electron chi connectivity index (χ4n) is 2.72. The highest BCUT2D eigenvalue weighted by Crippen LogP contribution is 2.25. The maximum absolute atomic E-state index is 12.7. The summed E-state index contributed by atoms with van der Waals surface area (Å²) in [6.07, 6.45) is 1.44. The molecule has 0 unspecified atom stereocenters. The Morgan fingerprint density at radius 2 is 1.92 bits per heavy atom. The molecule has 5 aromatic rings. The highest BCUT2D eigenvalue weighted by Gasteiger charge is 2.16. The maximum atomic E-state index is 12.7. The molecule has 0 saturated carbocycles. The van der Waals surface area contributed by atoms with Crippen LogP contribution in [0.1, 0.15) is 5.89 Å². The van der Waals surface area contributed by atoms with Crippen molar-refractivity contribution in [2.45, 2.75) is 6.54 Å².